The van der Waals surface area contributed by atoms with E-state index >= 15 is 0 Å². The molecular formula is C14H17NO6S. The highest BCUT2D eigenvalue weighted by Gasteiger charge is 2.29. The Morgan fingerprint density at radius 2 is 2.14 bits per heavy atom. The van der Waals surface area contributed by atoms with Gasteiger partial charge < -0.3 is 15.2 Å². The average molecular weight is 327 g/mol. The number of nitrogens with one attached hydrogen (secondary N) is 1. The van der Waals surface area contributed by atoms with Gasteiger partial charge in [0.2, 0.25) is 0 Å². The molecule has 1 aromatic rings. The standard InChI is InChI=1S/C14H17NO6S/c1-9-2-3-12(11(6-9)14(17)18)21-7-13(16)15-10-4-5-22(19,20)8-10/h2-3,6,10H,4-5,7-8H2,1H3,(H,15,16)(H,17,18)/t10-/m0/s1. The maximum atomic E-state index is 11.8. The lowest BCUT2D eigenvalue weighted by atomic mass is 10.1. The molecule has 1 heterocycles. The van der Waals surface area contributed by atoms with E-state index in [0.29, 0.717) is 6.42 Å². The molecule has 1 aliphatic rings. The third-order valence-electron chi connectivity index (χ3n) is 3.32. The van der Waals surface area contributed by atoms with Gasteiger partial charge in [0.15, 0.2) is 16.4 Å². The van der Waals surface area contributed by atoms with Crippen molar-refractivity contribution in [3.63, 3.8) is 0 Å². The number of benzene rings is 1. The van der Waals surface area contributed by atoms with Crippen LogP contribution in [0.15, 0.2) is 18.2 Å². The molecule has 7 nitrogen and oxygen atoms in total. The summed E-state index contributed by atoms with van der Waals surface area (Å²) in [6.45, 7) is 1.39. The van der Waals surface area contributed by atoms with Gasteiger partial charge in [-0.3, -0.25) is 4.79 Å². The lowest BCUT2D eigenvalue weighted by Gasteiger charge is -2.13. The Bertz CT molecular complexity index is 697. The van der Waals surface area contributed by atoms with Gasteiger partial charge in [-0.15, -0.1) is 0 Å². The summed E-state index contributed by atoms with van der Waals surface area (Å²) in [5.41, 5.74) is 0.751. The van der Waals surface area contributed by atoms with Crippen LogP contribution in [-0.2, 0) is 14.6 Å². The smallest absolute Gasteiger partial charge is 0.339 e. The topological polar surface area (TPSA) is 110 Å². The Kier molecular flexibility index (Phi) is 4.70. The zero-order chi connectivity index (χ0) is 16.3. The van der Waals surface area contributed by atoms with Crippen molar-refractivity contribution in [3.05, 3.63) is 29.3 Å². The van der Waals surface area contributed by atoms with Crippen molar-refractivity contribution in [2.75, 3.05) is 18.1 Å². The summed E-state index contributed by atoms with van der Waals surface area (Å²) < 4.78 is 27.8. The first-order valence-electron chi connectivity index (χ1n) is 6.73. The molecule has 0 aromatic heterocycles. The number of carboxylic acids is 1. The van der Waals surface area contributed by atoms with Crippen molar-refractivity contribution >= 4 is 21.7 Å². The molecule has 1 atom stereocenters. The molecule has 1 aromatic carbocycles. The van der Waals surface area contributed by atoms with Crippen LogP contribution in [0.3, 0.4) is 0 Å². The fourth-order valence-electron chi connectivity index (χ4n) is 2.26. The monoisotopic (exact) mass is 327 g/mol. The highest BCUT2D eigenvalue weighted by Crippen LogP contribution is 2.20. The Balaban J connectivity index is 1.93. The first-order valence-corrected chi connectivity index (χ1v) is 8.55. The second-order valence-electron chi connectivity index (χ2n) is 5.26. The van der Waals surface area contributed by atoms with Crippen LogP contribution in [-0.4, -0.2) is 49.6 Å². The first-order chi connectivity index (χ1) is 10.3. The maximum absolute atomic E-state index is 11.8. The summed E-state index contributed by atoms with van der Waals surface area (Å²) in [6.07, 6.45) is 0.388. The van der Waals surface area contributed by atoms with Crippen LogP contribution >= 0.6 is 0 Å². The van der Waals surface area contributed by atoms with Crippen molar-refractivity contribution in [1.29, 1.82) is 0 Å². The molecule has 1 amide bonds. The minimum Gasteiger partial charge on any atom is -0.483 e. The molecule has 1 saturated heterocycles. The normalized spacial score (nSPS) is 19.6. The number of carbonyl (C=O) groups is 2. The van der Waals surface area contributed by atoms with Crippen LogP contribution in [0.25, 0.3) is 0 Å². The second-order valence-corrected chi connectivity index (χ2v) is 7.49. The SMILES string of the molecule is Cc1ccc(OCC(=O)N[C@H]2CCS(=O)(=O)C2)c(C(=O)O)c1. The molecular weight excluding hydrogens is 310 g/mol. The van der Waals surface area contributed by atoms with Gasteiger partial charge in [-0.05, 0) is 25.5 Å². The fraction of sp³-hybridized carbons (Fsp3) is 0.429. The van der Waals surface area contributed by atoms with Crippen molar-refractivity contribution < 1.29 is 27.9 Å². The number of carboxylic acid groups (broad SMARTS) is 1. The lowest BCUT2D eigenvalue weighted by molar-refractivity contribution is -0.123. The molecule has 2 rings (SSSR count). The highest BCUT2D eigenvalue weighted by atomic mass is 32.2. The van der Waals surface area contributed by atoms with Gasteiger partial charge >= 0.3 is 5.97 Å². The van der Waals surface area contributed by atoms with E-state index in [9.17, 15) is 18.0 Å². The molecule has 120 valence electrons. The van der Waals surface area contributed by atoms with Gasteiger partial charge in [-0.25, -0.2) is 13.2 Å². The van der Waals surface area contributed by atoms with Crippen molar-refractivity contribution in [2.45, 2.75) is 19.4 Å². The summed E-state index contributed by atoms with van der Waals surface area (Å²) in [5, 5.41) is 11.7. The maximum Gasteiger partial charge on any atom is 0.339 e. The van der Waals surface area contributed by atoms with Crippen LogP contribution in [0, 0.1) is 6.92 Å². The average Bonchev–Trinajstić information content (AvgIpc) is 2.76. The van der Waals surface area contributed by atoms with Crippen LogP contribution in [0.1, 0.15) is 22.3 Å². The van der Waals surface area contributed by atoms with E-state index in [1.54, 1.807) is 13.0 Å². The van der Waals surface area contributed by atoms with Crippen molar-refractivity contribution in [3.8, 4) is 5.75 Å². The Morgan fingerprint density at radius 3 is 2.73 bits per heavy atom. The third kappa shape index (κ3) is 4.20. The zero-order valence-electron chi connectivity index (χ0n) is 12.0. The number of aryl methyl sites for hydroxylation is 1. The van der Waals surface area contributed by atoms with Gasteiger partial charge in [-0.1, -0.05) is 11.6 Å². The number of carbonyl (C=O) groups excluding carboxylic acids is 1. The number of sulfone groups is 1. The first kappa shape index (κ1) is 16.3. The Hall–Kier alpha value is -2.09. The predicted octanol–water partition coefficient (Wildman–Crippen LogP) is 0.375. The van der Waals surface area contributed by atoms with Gasteiger partial charge in [0.25, 0.3) is 5.91 Å². The van der Waals surface area contributed by atoms with E-state index in [1.165, 1.54) is 12.1 Å². The molecule has 0 bridgehead atoms. The largest absolute Gasteiger partial charge is 0.483 e. The van der Waals surface area contributed by atoms with E-state index in [2.05, 4.69) is 5.32 Å². The quantitative estimate of drug-likeness (QED) is 0.809. The van der Waals surface area contributed by atoms with E-state index in [1.807, 2.05) is 0 Å². The minimum atomic E-state index is -3.06. The molecule has 8 heteroatoms. The van der Waals surface area contributed by atoms with Crippen molar-refractivity contribution in [1.82, 2.24) is 5.32 Å². The fourth-order valence-corrected chi connectivity index (χ4v) is 3.93. The van der Waals surface area contributed by atoms with Crippen LogP contribution in [0.2, 0.25) is 0 Å². The number of ether oxygens (including phenoxy) is 1. The lowest BCUT2D eigenvalue weighted by Crippen LogP contribution is -2.38. The summed E-state index contributed by atoms with van der Waals surface area (Å²) in [7, 11) is -3.06. The summed E-state index contributed by atoms with van der Waals surface area (Å²) in [6, 6.07) is 4.23. The molecule has 1 aliphatic heterocycles. The molecule has 0 unspecified atom stereocenters. The second kappa shape index (κ2) is 6.35. The van der Waals surface area contributed by atoms with Crippen molar-refractivity contribution in [2.24, 2.45) is 0 Å². The molecule has 0 aliphatic carbocycles. The number of amides is 1. The van der Waals surface area contributed by atoms with Gasteiger partial charge in [-0.2, -0.15) is 0 Å². The molecule has 0 radical (unpaired) electrons. The van der Waals surface area contributed by atoms with Gasteiger partial charge in [0, 0.05) is 6.04 Å². The summed E-state index contributed by atoms with van der Waals surface area (Å²) in [4.78, 5) is 22.9. The molecule has 0 saturated carbocycles. The molecule has 2 N–H and O–H groups in total. The van der Waals surface area contributed by atoms with E-state index in [-0.39, 0.29) is 29.4 Å². The van der Waals surface area contributed by atoms with E-state index < -0.39 is 27.8 Å². The van der Waals surface area contributed by atoms with Gasteiger partial charge in [0.05, 0.1) is 11.5 Å². The zero-order valence-corrected chi connectivity index (χ0v) is 12.9. The third-order valence-corrected chi connectivity index (χ3v) is 5.09. The van der Waals surface area contributed by atoms with E-state index in [4.69, 9.17) is 9.84 Å². The number of hydrogen-bond donors (Lipinski definition) is 2. The summed E-state index contributed by atoms with van der Waals surface area (Å²) >= 11 is 0. The number of aromatic carboxylic acids is 1. The molecule has 1 fully saturated rings. The minimum absolute atomic E-state index is 0.0174. The molecule has 0 spiro atoms. The number of hydrogen-bond acceptors (Lipinski definition) is 5. The summed E-state index contributed by atoms with van der Waals surface area (Å²) in [5.74, 6) is -1.50. The Morgan fingerprint density at radius 1 is 1.41 bits per heavy atom. The highest BCUT2D eigenvalue weighted by molar-refractivity contribution is 7.91. The van der Waals surface area contributed by atoms with Crippen LogP contribution < -0.4 is 10.1 Å². The van der Waals surface area contributed by atoms with E-state index in [0.717, 1.165) is 5.56 Å². The van der Waals surface area contributed by atoms with Crippen LogP contribution in [0.4, 0.5) is 0 Å². The molecule has 22 heavy (non-hydrogen) atoms. The number of rotatable bonds is 5. The Labute approximate surface area is 128 Å². The van der Waals surface area contributed by atoms with Gasteiger partial charge in [0.1, 0.15) is 11.3 Å². The predicted molar refractivity (Wildman–Crippen MR) is 78.8 cm³/mol. The van der Waals surface area contributed by atoms with Crippen LogP contribution in [0.5, 0.6) is 5.75 Å².